The number of amides is 1. The lowest BCUT2D eigenvalue weighted by Crippen LogP contribution is -2.44. The first-order chi connectivity index (χ1) is 11.7. The van der Waals surface area contributed by atoms with Crippen molar-refractivity contribution in [1.29, 1.82) is 0 Å². The average Bonchev–Trinajstić information content (AvgIpc) is 3.24. The number of carbonyl (C=O) groups excluding carboxylic acids is 1. The van der Waals surface area contributed by atoms with Gasteiger partial charge in [0, 0.05) is 29.6 Å². The van der Waals surface area contributed by atoms with E-state index in [0.717, 1.165) is 11.3 Å². The summed E-state index contributed by atoms with van der Waals surface area (Å²) in [5, 5.41) is 11.1. The maximum Gasteiger partial charge on any atom is 0.223 e. The molecule has 3 rings (SSSR count). The second-order valence-corrected chi connectivity index (χ2v) is 5.94. The summed E-state index contributed by atoms with van der Waals surface area (Å²) in [5.41, 5.74) is 7.21. The number of halogens is 1. The number of nitrogens with zero attached hydrogens (tertiary/aromatic N) is 3. The van der Waals surface area contributed by atoms with Crippen LogP contribution in [-0.4, -0.2) is 34.2 Å². The zero-order valence-corrected chi connectivity index (χ0v) is 14.0. The highest BCUT2D eigenvalue weighted by molar-refractivity contribution is 6.30. The minimum atomic E-state index is -0.165. The topological polar surface area (TPSA) is 93.1 Å². The fourth-order valence-electron chi connectivity index (χ4n) is 2.67. The number of hydrazine groups is 1. The predicted molar refractivity (Wildman–Crippen MR) is 88.2 cm³/mol. The summed E-state index contributed by atoms with van der Waals surface area (Å²) in [5.74, 6) is 0.709. The lowest BCUT2D eigenvalue weighted by atomic mass is 10.0. The van der Waals surface area contributed by atoms with Gasteiger partial charge in [-0.15, -0.1) is 5.10 Å². The monoisotopic (exact) mass is 350 g/mol. The van der Waals surface area contributed by atoms with Crippen LogP contribution >= 0.6 is 11.6 Å². The quantitative estimate of drug-likeness (QED) is 0.720. The highest BCUT2D eigenvalue weighted by Gasteiger charge is 2.28. The molecule has 1 aromatic heterocycles. The predicted octanol–water partition coefficient (Wildman–Crippen LogP) is 1.01. The van der Waals surface area contributed by atoms with Gasteiger partial charge in [-0.25, -0.2) is 10.9 Å². The molecular formula is C15H19ClN6O2. The van der Waals surface area contributed by atoms with Gasteiger partial charge in [0.1, 0.15) is 5.75 Å². The number of ether oxygens (including phenoxy) is 1. The van der Waals surface area contributed by atoms with Gasteiger partial charge in [-0.05, 0) is 18.2 Å². The standard InChI is InChI=1S/C15H19ClN6O2/c1-24-13-3-2-10(16)8-11(13)12-9-14(20-19-12)18-15(23)4-6-22-7-5-17-21-22/h2-3,5,7-8,12,14,19-20H,4,6,9H2,1H3,(H,18,23). The molecule has 0 spiro atoms. The molecule has 0 radical (unpaired) electrons. The zero-order chi connectivity index (χ0) is 16.9. The van der Waals surface area contributed by atoms with E-state index in [1.54, 1.807) is 30.3 Å². The van der Waals surface area contributed by atoms with E-state index in [4.69, 9.17) is 16.3 Å². The molecule has 2 heterocycles. The molecule has 24 heavy (non-hydrogen) atoms. The molecule has 2 atom stereocenters. The van der Waals surface area contributed by atoms with Crippen molar-refractivity contribution in [3.63, 3.8) is 0 Å². The Morgan fingerprint density at radius 2 is 2.38 bits per heavy atom. The van der Waals surface area contributed by atoms with Crippen molar-refractivity contribution in [1.82, 2.24) is 31.2 Å². The van der Waals surface area contributed by atoms with E-state index in [2.05, 4.69) is 26.5 Å². The Balaban J connectivity index is 1.53. The molecule has 2 unspecified atom stereocenters. The van der Waals surface area contributed by atoms with E-state index >= 15 is 0 Å². The maximum atomic E-state index is 12.0. The van der Waals surface area contributed by atoms with E-state index < -0.39 is 0 Å². The smallest absolute Gasteiger partial charge is 0.223 e. The molecule has 8 nitrogen and oxygen atoms in total. The molecule has 1 aliphatic heterocycles. The van der Waals surface area contributed by atoms with Gasteiger partial charge < -0.3 is 10.1 Å². The second kappa shape index (κ2) is 7.61. The SMILES string of the molecule is COc1ccc(Cl)cc1C1CC(NC(=O)CCn2ccnn2)NN1. The van der Waals surface area contributed by atoms with Crippen LogP contribution in [0.5, 0.6) is 5.75 Å². The lowest BCUT2D eigenvalue weighted by Gasteiger charge is -2.15. The van der Waals surface area contributed by atoms with E-state index in [1.165, 1.54) is 0 Å². The zero-order valence-electron chi connectivity index (χ0n) is 13.2. The molecule has 0 aliphatic carbocycles. The van der Waals surface area contributed by atoms with Gasteiger partial charge in [0.15, 0.2) is 0 Å². The second-order valence-electron chi connectivity index (χ2n) is 5.50. The van der Waals surface area contributed by atoms with Crippen LogP contribution in [0.4, 0.5) is 0 Å². The van der Waals surface area contributed by atoms with Crippen molar-refractivity contribution in [2.75, 3.05) is 7.11 Å². The Bertz CT molecular complexity index is 693. The number of aryl methyl sites for hydroxylation is 1. The van der Waals surface area contributed by atoms with Crippen LogP contribution < -0.4 is 20.9 Å². The molecule has 1 fully saturated rings. The molecule has 1 aliphatic rings. The van der Waals surface area contributed by atoms with Crippen molar-refractivity contribution in [2.45, 2.75) is 31.6 Å². The van der Waals surface area contributed by atoms with Crippen molar-refractivity contribution in [2.24, 2.45) is 0 Å². The van der Waals surface area contributed by atoms with E-state index in [9.17, 15) is 4.79 Å². The highest BCUT2D eigenvalue weighted by Crippen LogP contribution is 2.31. The summed E-state index contributed by atoms with van der Waals surface area (Å²) in [6, 6.07) is 5.49. The summed E-state index contributed by atoms with van der Waals surface area (Å²) in [6.07, 6.45) is 4.17. The number of hydrogen-bond donors (Lipinski definition) is 3. The van der Waals surface area contributed by atoms with Crippen LogP contribution in [0.1, 0.15) is 24.4 Å². The Kier molecular flexibility index (Phi) is 5.29. The van der Waals surface area contributed by atoms with Gasteiger partial charge in [0.2, 0.25) is 5.91 Å². The Morgan fingerprint density at radius 1 is 1.50 bits per heavy atom. The third-order valence-electron chi connectivity index (χ3n) is 3.85. The molecule has 2 aromatic rings. The van der Waals surface area contributed by atoms with Crippen LogP contribution in [0.3, 0.4) is 0 Å². The normalized spacial score (nSPS) is 20.1. The third kappa shape index (κ3) is 4.02. The Hall–Kier alpha value is -2.16. The summed E-state index contributed by atoms with van der Waals surface area (Å²) in [4.78, 5) is 12.0. The molecule has 9 heteroatoms. The first-order valence-corrected chi connectivity index (χ1v) is 8.01. The van der Waals surface area contributed by atoms with Crippen molar-refractivity contribution >= 4 is 17.5 Å². The highest BCUT2D eigenvalue weighted by atomic mass is 35.5. The number of benzene rings is 1. The number of carbonyl (C=O) groups is 1. The molecule has 1 saturated heterocycles. The van der Waals surface area contributed by atoms with E-state index in [1.807, 2.05) is 12.1 Å². The van der Waals surface area contributed by atoms with Gasteiger partial charge in [-0.3, -0.25) is 9.48 Å². The minimum absolute atomic E-state index is 0.000680. The first-order valence-electron chi connectivity index (χ1n) is 7.63. The van der Waals surface area contributed by atoms with Crippen LogP contribution in [-0.2, 0) is 11.3 Å². The van der Waals surface area contributed by atoms with Crippen LogP contribution in [0.25, 0.3) is 0 Å². The van der Waals surface area contributed by atoms with Crippen molar-refractivity contribution in [3.05, 3.63) is 41.2 Å². The molecule has 1 aromatic carbocycles. The van der Waals surface area contributed by atoms with Gasteiger partial charge in [-0.2, -0.15) is 0 Å². The molecule has 3 N–H and O–H groups in total. The van der Waals surface area contributed by atoms with Crippen LogP contribution in [0, 0.1) is 0 Å². The van der Waals surface area contributed by atoms with Crippen molar-refractivity contribution in [3.8, 4) is 5.75 Å². The van der Waals surface area contributed by atoms with E-state index in [-0.39, 0.29) is 18.1 Å². The van der Waals surface area contributed by atoms with Gasteiger partial charge in [-0.1, -0.05) is 16.8 Å². The van der Waals surface area contributed by atoms with E-state index in [0.29, 0.717) is 24.4 Å². The minimum Gasteiger partial charge on any atom is -0.496 e. The number of rotatable bonds is 6. The molecule has 0 bridgehead atoms. The fraction of sp³-hybridized carbons (Fsp3) is 0.400. The first kappa shape index (κ1) is 16.7. The number of nitrogens with one attached hydrogen (secondary N) is 3. The number of hydrogen-bond acceptors (Lipinski definition) is 6. The van der Waals surface area contributed by atoms with Crippen LogP contribution in [0.15, 0.2) is 30.6 Å². The number of methoxy groups -OCH3 is 1. The van der Waals surface area contributed by atoms with Crippen LogP contribution in [0.2, 0.25) is 5.02 Å². The summed E-state index contributed by atoms with van der Waals surface area (Å²) >= 11 is 6.08. The summed E-state index contributed by atoms with van der Waals surface area (Å²) in [6.45, 7) is 0.498. The molecular weight excluding hydrogens is 332 g/mol. The van der Waals surface area contributed by atoms with Gasteiger partial charge >= 0.3 is 0 Å². The molecule has 0 saturated carbocycles. The Labute approximate surface area is 144 Å². The summed E-state index contributed by atoms with van der Waals surface area (Å²) in [7, 11) is 1.62. The van der Waals surface area contributed by atoms with Gasteiger partial charge in [0.25, 0.3) is 0 Å². The average molecular weight is 351 g/mol. The lowest BCUT2D eigenvalue weighted by molar-refractivity contribution is -0.122. The Morgan fingerprint density at radius 3 is 3.12 bits per heavy atom. The summed E-state index contributed by atoms with van der Waals surface area (Å²) < 4.78 is 7.00. The number of aromatic nitrogens is 3. The van der Waals surface area contributed by atoms with Gasteiger partial charge in [0.05, 0.1) is 32.1 Å². The fourth-order valence-corrected chi connectivity index (χ4v) is 2.85. The third-order valence-corrected chi connectivity index (χ3v) is 4.08. The maximum absolute atomic E-state index is 12.0. The van der Waals surface area contributed by atoms with Crippen molar-refractivity contribution < 1.29 is 9.53 Å². The molecule has 1 amide bonds. The largest absolute Gasteiger partial charge is 0.496 e. The molecule has 128 valence electrons.